The number of aromatic nitrogens is 3. The molecule has 1 amide bonds. The van der Waals surface area contributed by atoms with E-state index in [-0.39, 0.29) is 23.4 Å². The summed E-state index contributed by atoms with van der Waals surface area (Å²) >= 11 is 2.96. The number of ketones is 1. The predicted octanol–water partition coefficient (Wildman–Crippen LogP) is 3.64. The zero-order chi connectivity index (χ0) is 18.1. The topological polar surface area (TPSA) is 84.8 Å². The van der Waals surface area contributed by atoms with E-state index in [0.717, 1.165) is 33.1 Å². The van der Waals surface area contributed by atoms with E-state index in [9.17, 15) is 9.59 Å². The number of para-hydroxylation sites is 1. The number of amides is 1. The van der Waals surface area contributed by atoms with E-state index in [4.69, 9.17) is 0 Å². The van der Waals surface area contributed by atoms with E-state index in [1.54, 1.807) is 18.3 Å². The highest BCUT2D eigenvalue weighted by Crippen LogP contribution is 2.29. The summed E-state index contributed by atoms with van der Waals surface area (Å²) in [4.78, 5) is 37.4. The third-order valence-corrected chi connectivity index (χ3v) is 6.29. The molecule has 0 atom stereocenters. The van der Waals surface area contributed by atoms with Crippen molar-refractivity contribution in [3.63, 3.8) is 0 Å². The molecule has 0 spiro atoms. The number of nitrogens with zero attached hydrogens (tertiary/aromatic N) is 3. The number of benzene rings is 1. The molecule has 0 fully saturated rings. The minimum Gasteiger partial charge on any atom is -0.294 e. The van der Waals surface area contributed by atoms with Crippen LogP contribution >= 0.6 is 23.1 Å². The van der Waals surface area contributed by atoms with Gasteiger partial charge in [0, 0.05) is 6.42 Å². The molecule has 6 nitrogen and oxygen atoms in total. The Kier molecular flexibility index (Phi) is 4.69. The Labute approximate surface area is 158 Å². The van der Waals surface area contributed by atoms with Gasteiger partial charge >= 0.3 is 0 Å². The normalized spacial score (nSPS) is 13.7. The molecule has 1 aliphatic carbocycles. The summed E-state index contributed by atoms with van der Waals surface area (Å²) in [6.07, 6.45) is 2.08. The molecule has 2 heterocycles. The molecule has 8 heteroatoms. The average molecular weight is 384 g/mol. The van der Waals surface area contributed by atoms with Crippen LogP contribution in [0.25, 0.3) is 10.2 Å². The predicted molar refractivity (Wildman–Crippen MR) is 103 cm³/mol. The molecule has 1 N–H and O–H groups in total. The van der Waals surface area contributed by atoms with Gasteiger partial charge in [-0.3, -0.25) is 14.9 Å². The van der Waals surface area contributed by atoms with Crippen molar-refractivity contribution >= 4 is 51.0 Å². The Morgan fingerprint density at radius 1 is 1.23 bits per heavy atom. The molecule has 4 rings (SSSR count). The Balaban J connectivity index is 1.43. The van der Waals surface area contributed by atoms with Gasteiger partial charge in [-0.15, -0.1) is 11.3 Å². The smallest absolute Gasteiger partial charge is 0.237 e. The summed E-state index contributed by atoms with van der Waals surface area (Å²) in [7, 11) is 0. The molecule has 0 saturated carbocycles. The van der Waals surface area contributed by atoms with E-state index >= 15 is 0 Å². The van der Waals surface area contributed by atoms with Crippen LogP contribution < -0.4 is 5.32 Å². The summed E-state index contributed by atoms with van der Waals surface area (Å²) in [6, 6.07) is 7.90. The van der Waals surface area contributed by atoms with Gasteiger partial charge in [0.2, 0.25) is 11.9 Å². The van der Waals surface area contributed by atoms with Gasteiger partial charge in [0.1, 0.15) is 0 Å². The van der Waals surface area contributed by atoms with Crippen LogP contribution in [0.4, 0.5) is 5.95 Å². The van der Waals surface area contributed by atoms with Crippen molar-refractivity contribution in [3.05, 3.63) is 41.2 Å². The number of fused-ring (bicyclic) bond motifs is 2. The van der Waals surface area contributed by atoms with E-state index in [0.29, 0.717) is 17.7 Å². The largest absolute Gasteiger partial charge is 0.294 e. The number of anilines is 1. The number of aryl methyl sites for hydroxylation is 2. The van der Waals surface area contributed by atoms with E-state index in [1.165, 1.54) is 11.8 Å². The fourth-order valence-corrected chi connectivity index (χ4v) is 4.84. The average Bonchev–Trinajstić information content (AvgIpc) is 3.03. The molecular formula is C18H16N4O2S2. The van der Waals surface area contributed by atoms with Crippen molar-refractivity contribution in [2.45, 2.75) is 30.5 Å². The summed E-state index contributed by atoms with van der Waals surface area (Å²) < 4.78 is 1.96. The highest BCUT2D eigenvalue weighted by atomic mass is 32.2. The molecule has 0 aliphatic heterocycles. The summed E-state index contributed by atoms with van der Waals surface area (Å²) in [5.74, 6) is 0.410. The zero-order valence-corrected chi connectivity index (χ0v) is 15.7. The van der Waals surface area contributed by atoms with Gasteiger partial charge in [-0.1, -0.05) is 23.9 Å². The second-order valence-corrected chi connectivity index (χ2v) is 8.27. The second-order valence-electron chi connectivity index (χ2n) is 6.02. The Morgan fingerprint density at radius 2 is 2.08 bits per heavy atom. The summed E-state index contributed by atoms with van der Waals surface area (Å²) in [6.45, 7) is 1.79. The highest BCUT2D eigenvalue weighted by molar-refractivity contribution is 8.01. The van der Waals surface area contributed by atoms with E-state index in [1.807, 2.05) is 24.3 Å². The molecule has 26 heavy (non-hydrogen) atoms. The Hall–Kier alpha value is -2.32. The maximum Gasteiger partial charge on any atom is 0.237 e. The Morgan fingerprint density at radius 3 is 2.92 bits per heavy atom. The van der Waals surface area contributed by atoms with Crippen molar-refractivity contribution in [1.29, 1.82) is 0 Å². The summed E-state index contributed by atoms with van der Waals surface area (Å²) in [5.41, 5.74) is 2.94. The van der Waals surface area contributed by atoms with Crippen LogP contribution in [0.1, 0.15) is 34.6 Å². The van der Waals surface area contributed by atoms with Crippen LogP contribution in [0.5, 0.6) is 0 Å². The monoisotopic (exact) mass is 384 g/mol. The van der Waals surface area contributed by atoms with E-state index < -0.39 is 0 Å². The van der Waals surface area contributed by atoms with Crippen molar-refractivity contribution in [3.8, 4) is 0 Å². The number of hydrogen-bond acceptors (Lipinski definition) is 7. The van der Waals surface area contributed by atoms with Gasteiger partial charge < -0.3 is 0 Å². The van der Waals surface area contributed by atoms with Crippen LogP contribution in [-0.2, 0) is 11.2 Å². The standard InChI is InChI=1S/C18H16N4O2S2/c1-10-16-12(6-4-7-13(16)23)20-17(19-10)22-15(24)9-25-18-21-11-5-2-3-8-14(11)26-18/h2-3,5,8H,4,6-7,9H2,1H3,(H,19,20,22,24). The van der Waals surface area contributed by atoms with Crippen molar-refractivity contribution in [2.24, 2.45) is 0 Å². The number of carbonyl (C=O) groups excluding carboxylic acids is 2. The third kappa shape index (κ3) is 3.47. The number of Topliss-reactive ketones (excluding diaryl/α,β-unsaturated/α-hetero) is 1. The highest BCUT2D eigenvalue weighted by Gasteiger charge is 2.22. The molecule has 1 aromatic carbocycles. The van der Waals surface area contributed by atoms with Crippen molar-refractivity contribution < 1.29 is 9.59 Å². The van der Waals surface area contributed by atoms with Crippen LogP contribution in [0.3, 0.4) is 0 Å². The molecule has 3 aromatic rings. The first kappa shape index (κ1) is 17.1. The fourth-order valence-electron chi connectivity index (χ4n) is 2.97. The molecule has 1 aliphatic rings. The molecule has 0 bridgehead atoms. The lowest BCUT2D eigenvalue weighted by Gasteiger charge is -2.16. The second kappa shape index (κ2) is 7.13. The van der Waals surface area contributed by atoms with Gasteiger partial charge in [0.05, 0.1) is 32.9 Å². The molecule has 2 aromatic heterocycles. The first-order valence-corrected chi connectivity index (χ1v) is 10.1. The van der Waals surface area contributed by atoms with Crippen LogP contribution in [0.2, 0.25) is 0 Å². The van der Waals surface area contributed by atoms with Gasteiger partial charge in [-0.25, -0.2) is 15.0 Å². The number of thiazole rings is 1. The zero-order valence-electron chi connectivity index (χ0n) is 14.1. The van der Waals surface area contributed by atoms with Crippen molar-refractivity contribution in [2.75, 3.05) is 11.1 Å². The number of hydrogen-bond donors (Lipinski definition) is 1. The molecule has 0 saturated heterocycles. The lowest BCUT2D eigenvalue weighted by Crippen LogP contribution is -2.21. The first-order chi connectivity index (χ1) is 12.6. The maximum atomic E-state index is 12.2. The fraction of sp³-hybridized carbons (Fsp3) is 0.278. The Bertz CT molecular complexity index is 983. The van der Waals surface area contributed by atoms with Gasteiger partial charge in [0.15, 0.2) is 10.1 Å². The SMILES string of the molecule is Cc1nc(NC(=O)CSc2nc3ccccc3s2)nc2c1C(=O)CCC2. The maximum absolute atomic E-state index is 12.2. The van der Waals surface area contributed by atoms with Gasteiger partial charge in [0.25, 0.3) is 0 Å². The first-order valence-electron chi connectivity index (χ1n) is 8.29. The van der Waals surface area contributed by atoms with Crippen LogP contribution in [0.15, 0.2) is 28.6 Å². The number of rotatable bonds is 4. The molecule has 0 unspecified atom stereocenters. The third-order valence-electron chi connectivity index (χ3n) is 4.11. The van der Waals surface area contributed by atoms with Crippen molar-refractivity contribution in [1.82, 2.24) is 15.0 Å². The minimum absolute atomic E-state index is 0.0908. The minimum atomic E-state index is -0.184. The summed E-state index contributed by atoms with van der Waals surface area (Å²) in [5, 5.41) is 2.74. The van der Waals surface area contributed by atoms with Crippen LogP contribution in [-0.4, -0.2) is 32.4 Å². The molecule has 0 radical (unpaired) electrons. The number of nitrogens with one attached hydrogen (secondary N) is 1. The lowest BCUT2D eigenvalue weighted by atomic mass is 9.94. The molecular weight excluding hydrogens is 368 g/mol. The number of carbonyl (C=O) groups is 2. The number of thioether (sulfide) groups is 1. The van der Waals surface area contributed by atoms with E-state index in [2.05, 4.69) is 20.3 Å². The quantitative estimate of drug-likeness (QED) is 0.691. The lowest BCUT2D eigenvalue weighted by molar-refractivity contribution is -0.113. The molecule has 132 valence electrons. The van der Waals surface area contributed by atoms with Gasteiger partial charge in [-0.2, -0.15) is 0 Å². The van der Waals surface area contributed by atoms with Gasteiger partial charge in [-0.05, 0) is 31.9 Å². The van der Waals surface area contributed by atoms with Crippen LogP contribution in [0, 0.1) is 6.92 Å².